The highest BCUT2D eigenvalue weighted by molar-refractivity contribution is 7.92. The lowest BCUT2D eigenvalue weighted by Gasteiger charge is -2.11. The fourth-order valence-electron chi connectivity index (χ4n) is 2.65. The van der Waals surface area contributed by atoms with Gasteiger partial charge in [-0.15, -0.1) is 0 Å². The van der Waals surface area contributed by atoms with Gasteiger partial charge in [0.1, 0.15) is 16.5 Å². The summed E-state index contributed by atoms with van der Waals surface area (Å²) >= 11 is 0. The minimum atomic E-state index is -3.96. The van der Waals surface area contributed by atoms with Crippen molar-refractivity contribution in [2.45, 2.75) is 31.1 Å². The molecule has 21 heavy (non-hydrogen) atoms. The van der Waals surface area contributed by atoms with Gasteiger partial charge in [-0.2, -0.15) is 5.10 Å². The Bertz CT molecular complexity index is 812. The predicted molar refractivity (Wildman–Crippen MR) is 77.2 cm³/mol. The maximum Gasteiger partial charge on any atom is 0.265 e. The van der Waals surface area contributed by atoms with E-state index in [0.717, 1.165) is 30.5 Å². The highest BCUT2D eigenvalue weighted by Gasteiger charge is 2.26. The normalized spacial score (nSPS) is 14.2. The van der Waals surface area contributed by atoms with E-state index < -0.39 is 15.8 Å². The lowest BCUT2D eigenvalue weighted by Crippen LogP contribution is -2.17. The Morgan fingerprint density at radius 2 is 2.10 bits per heavy atom. The lowest BCUT2D eigenvalue weighted by atomic mass is 10.2. The number of aryl methyl sites for hydroxylation is 3. The van der Waals surface area contributed by atoms with E-state index >= 15 is 0 Å². The summed E-state index contributed by atoms with van der Waals surface area (Å²) in [7, 11) is -2.28. The molecule has 0 bridgehead atoms. The predicted octanol–water partition coefficient (Wildman–Crippen LogP) is 2.16. The molecule has 1 aliphatic carbocycles. The molecule has 0 aliphatic heterocycles. The van der Waals surface area contributed by atoms with Gasteiger partial charge in [0.15, 0.2) is 0 Å². The number of hydrogen-bond donors (Lipinski definition) is 1. The summed E-state index contributed by atoms with van der Waals surface area (Å²) in [6.07, 6.45) is 2.60. The molecule has 0 spiro atoms. The molecule has 1 N–H and O–H groups in total. The van der Waals surface area contributed by atoms with Crippen LogP contribution in [0, 0.1) is 12.7 Å². The molecule has 1 aromatic heterocycles. The summed E-state index contributed by atoms with van der Waals surface area (Å²) < 4.78 is 42.7. The monoisotopic (exact) mass is 309 g/mol. The van der Waals surface area contributed by atoms with E-state index in [1.807, 2.05) is 0 Å². The lowest BCUT2D eigenvalue weighted by molar-refractivity contribution is 0.569. The smallest absolute Gasteiger partial charge is 0.263 e. The molecule has 7 heteroatoms. The number of aromatic nitrogens is 2. The summed E-state index contributed by atoms with van der Waals surface area (Å²) in [6.45, 7) is 1.71. The molecule has 112 valence electrons. The zero-order valence-electron chi connectivity index (χ0n) is 11.9. The van der Waals surface area contributed by atoms with Crippen molar-refractivity contribution in [2.24, 2.45) is 7.05 Å². The van der Waals surface area contributed by atoms with E-state index in [9.17, 15) is 12.8 Å². The summed E-state index contributed by atoms with van der Waals surface area (Å²) in [4.78, 5) is -0.346. The van der Waals surface area contributed by atoms with E-state index in [1.54, 1.807) is 20.0 Å². The third kappa shape index (κ3) is 2.42. The van der Waals surface area contributed by atoms with Crippen molar-refractivity contribution in [1.82, 2.24) is 9.78 Å². The fourth-order valence-corrected chi connectivity index (χ4v) is 3.84. The number of rotatable bonds is 3. The highest BCUT2D eigenvalue weighted by atomic mass is 32.2. The van der Waals surface area contributed by atoms with Gasteiger partial charge < -0.3 is 0 Å². The van der Waals surface area contributed by atoms with Crippen LogP contribution in [-0.2, 0) is 29.9 Å². The molecule has 0 radical (unpaired) electrons. The van der Waals surface area contributed by atoms with Crippen LogP contribution in [-0.4, -0.2) is 18.2 Å². The van der Waals surface area contributed by atoms with Crippen LogP contribution in [0.15, 0.2) is 23.1 Å². The van der Waals surface area contributed by atoms with Gasteiger partial charge in [0.25, 0.3) is 10.0 Å². The Morgan fingerprint density at radius 1 is 1.33 bits per heavy atom. The number of hydrogen-bond acceptors (Lipinski definition) is 3. The Hall–Kier alpha value is -1.89. The van der Waals surface area contributed by atoms with Crippen molar-refractivity contribution in [3.8, 4) is 0 Å². The van der Waals surface area contributed by atoms with Crippen LogP contribution in [0.25, 0.3) is 0 Å². The molecule has 0 unspecified atom stereocenters. The van der Waals surface area contributed by atoms with E-state index in [4.69, 9.17) is 0 Å². The third-order valence-corrected chi connectivity index (χ3v) is 5.05. The van der Waals surface area contributed by atoms with E-state index in [0.29, 0.717) is 11.4 Å². The van der Waals surface area contributed by atoms with Crippen molar-refractivity contribution >= 4 is 15.8 Å². The summed E-state index contributed by atoms with van der Waals surface area (Å²) in [6, 6.07) is 4.07. The standard InChI is InChI=1S/C14H16FN3O2S/c1-9-6-7-13(11(15)8-9)21(19,20)17-14-10-4-3-5-12(10)16-18(14)2/h6-8,17H,3-5H2,1-2H3. The Morgan fingerprint density at radius 3 is 2.81 bits per heavy atom. The van der Waals surface area contributed by atoms with Gasteiger partial charge in [-0.1, -0.05) is 6.07 Å². The molecular weight excluding hydrogens is 293 g/mol. The maximum atomic E-state index is 13.9. The molecule has 3 rings (SSSR count). The van der Waals surface area contributed by atoms with Gasteiger partial charge in [-0.05, 0) is 43.9 Å². The number of halogens is 1. The molecule has 2 aromatic rings. The average Bonchev–Trinajstić information content (AvgIpc) is 2.92. The minimum Gasteiger partial charge on any atom is -0.263 e. The quantitative estimate of drug-likeness (QED) is 0.945. The number of fused-ring (bicyclic) bond motifs is 1. The average molecular weight is 309 g/mol. The molecule has 0 atom stereocenters. The van der Waals surface area contributed by atoms with Gasteiger partial charge in [0.2, 0.25) is 0 Å². The van der Waals surface area contributed by atoms with Crippen molar-refractivity contribution in [3.63, 3.8) is 0 Å². The van der Waals surface area contributed by atoms with Gasteiger partial charge in [-0.25, -0.2) is 12.8 Å². The third-order valence-electron chi connectivity index (χ3n) is 3.68. The Labute approximate surface area is 122 Å². The molecule has 1 aromatic carbocycles. The van der Waals surface area contributed by atoms with Crippen LogP contribution < -0.4 is 4.72 Å². The Kier molecular flexibility index (Phi) is 3.24. The van der Waals surface area contributed by atoms with Crippen LogP contribution >= 0.6 is 0 Å². The van der Waals surface area contributed by atoms with Crippen molar-refractivity contribution < 1.29 is 12.8 Å². The summed E-state index contributed by atoms with van der Waals surface area (Å²) in [5.74, 6) is -0.316. The topological polar surface area (TPSA) is 64.0 Å². The molecule has 5 nitrogen and oxygen atoms in total. The number of nitrogens with one attached hydrogen (secondary N) is 1. The summed E-state index contributed by atoms with van der Waals surface area (Å²) in [5, 5.41) is 4.30. The first-order valence-electron chi connectivity index (χ1n) is 6.72. The largest absolute Gasteiger partial charge is 0.265 e. The van der Waals surface area contributed by atoms with E-state index in [-0.39, 0.29) is 4.90 Å². The Balaban J connectivity index is 2.01. The minimum absolute atomic E-state index is 0.346. The zero-order chi connectivity index (χ0) is 15.2. The van der Waals surface area contributed by atoms with Crippen LogP contribution in [0.1, 0.15) is 23.2 Å². The number of sulfonamides is 1. The molecule has 0 saturated carbocycles. The molecule has 1 heterocycles. The second-order valence-electron chi connectivity index (χ2n) is 5.29. The first-order chi connectivity index (χ1) is 9.88. The molecule has 0 saturated heterocycles. The maximum absolute atomic E-state index is 13.9. The van der Waals surface area contributed by atoms with Crippen LogP contribution in [0.4, 0.5) is 10.2 Å². The zero-order valence-corrected chi connectivity index (χ0v) is 12.7. The molecular formula is C14H16FN3O2S. The van der Waals surface area contributed by atoms with Crippen LogP contribution in [0.5, 0.6) is 0 Å². The van der Waals surface area contributed by atoms with E-state index in [1.165, 1.54) is 16.8 Å². The van der Waals surface area contributed by atoms with Gasteiger partial charge in [-0.3, -0.25) is 9.40 Å². The van der Waals surface area contributed by atoms with Gasteiger partial charge in [0, 0.05) is 12.6 Å². The summed E-state index contributed by atoms with van der Waals surface area (Å²) in [5.41, 5.74) is 2.50. The van der Waals surface area contributed by atoms with Crippen molar-refractivity contribution in [2.75, 3.05) is 4.72 Å². The van der Waals surface area contributed by atoms with Crippen LogP contribution in [0.2, 0.25) is 0 Å². The number of anilines is 1. The number of nitrogens with zero attached hydrogens (tertiary/aromatic N) is 2. The van der Waals surface area contributed by atoms with Crippen molar-refractivity contribution in [1.29, 1.82) is 0 Å². The SMILES string of the molecule is Cc1ccc(S(=O)(=O)Nc2c3c(nn2C)CCC3)c(F)c1. The van der Waals surface area contributed by atoms with E-state index in [2.05, 4.69) is 9.82 Å². The first kappa shape index (κ1) is 14.1. The second-order valence-corrected chi connectivity index (χ2v) is 6.94. The molecule has 0 fully saturated rings. The second kappa shape index (κ2) is 4.84. The van der Waals surface area contributed by atoms with Crippen molar-refractivity contribution in [3.05, 3.63) is 40.8 Å². The molecule has 1 aliphatic rings. The first-order valence-corrected chi connectivity index (χ1v) is 8.20. The molecule has 0 amide bonds. The fraction of sp³-hybridized carbons (Fsp3) is 0.357. The van der Waals surface area contributed by atoms with Gasteiger partial charge >= 0.3 is 0 Å². The highest BCUT2D eigenvalue weighted by Crippen LogP contribution is 2.30. The van der Waals surface area contributed by atoms with Gasteiger partial charge in [0.05, 0.1) is 5.69 Å². The number of benzene rings is 1. The van der Waals surface area contributed by atoms with Crippen LogP contribution in [0.3, 0.4) is 0 Å².